The van der Waals surface area contributed by atoms with Gasteiger partial charge in [0.1, 0.15) is 17.9 Å². The molecule has 1 heterocycles. The second-order valence-electron chi connectivity index (χ2n) is 3.59. The number of aldehydes is 1. The van der Waals surface area contributed by atoms with E-state index in [9.17, 15) is 9.59 Å². The molecule has 0 saturated heterocycles. The van der Waals surface area contributed by atoms with E-state index in [4.69, 9.17) is 0 Å². The standard InChI is InChI=1S/C12H15N3O2/c1-4-9-5-15-11(6-14-9)12(17)10(7-16)8(2)13-3/h5-7,10H,4H2,1-3H3. The molecular formula is C12H15N3O2. The van der Waals surface area contributed by atoms with Crippen molar-refractivity contribution < 1.29 is 9.59 Å². The normalized spacial score (nSPS) is 13.2. The van der Waals surface area contributed by atoms with E-state index in [2.05, 4.69) is 15.0 Å². The number of aryl methyl sites for hydroxylation is 1. The molecule has 1 aromatic heterocycles. The van der Waals surface area contributed by atoms with Crippen molar-refractivity contribution in [2.75, 3.05) is 7.05 Å². The average Bonchev–Trinajstić information content (AvgIpc) is 2.39. The maximum atomic E-state index is 12.0. The summed E-state index contributed by atoms with van der Waals surface area (Å²) in [6, 6.07) is 0. The van der Waals surface area contributed by atoms with E-state index in [0.717, 1.165) is 12.1 Å². The first-order chi connectivity index (χ1) is 8.13. The van der Waals surface area contributed by atoms with Crippen LogP contribution in [0.5, 0.6) is 0 Å². The summed E-state index contributed by atoms with van der Waals surface area (Å²) in [5, 5.41) is 0. The molecule has 0 amide bonds. The third-order valence-corrected chi connectivity index (χ3v) is 2.54. The van der Waals surface area contributed by atoms with Crippen molar-refractivity contribution in [2.24, 2.45) is 10.9 Å². The molecule has 1 aromatic rings. The van der Waals surface area contributed by atoms with Gasteiger partial charge in [-0.2, -0.15) is 0 Å². The highest BCUT2D eigenvalue weighted by Crippen LogP contribution is 2.07. The molecule has 1 unspecified atom stereocenters. The van der Waals surface area contributed by atoms with Gasteiger partial charge in [0, 0.05) is 19.0 Å². The van der Waals surface area contributed by atoms with E-state index >= 15 is 0 Å². The summed E-state index contributed by atoms with van der Waals surface area (Å²) in [7, 11) is 1.55. The third kappa shape index (κ3) is 3.03. The van der Waals surface area contributed by atoms with Crippen LogP contribution in [0, 0.1) is 5.92 Å². The van der Waals surface area contributed by atoms with Crippen molar-refractivity contribution in [3.8, 4) is 0 Å². The van der Waals surface area contributed by atoms with E-state index in [1.54, 1.807) is 20.2 Å². The Labute approximate surface area is 100 Å². The van der Waals surface area contributed by atoms with Crippen LogP contribution in [0.25, 0.3) is 0 Å². The zero-order valence-electron chi connectivity index (χ0n) is 10.2. The first-order valence-electron chi connectivity index (χ1n) is 5.37. The summed E-state index contributed by atoms with van der Waals surface area (Å²) in [6.07, 6.45) is 4.29. The first kappa shape index (κ1) is 13.2. The lowest BCUT2D eigenvalue weighted by Crippen LogP contribution is -2.24. The van der Waals surface area contributed by atoms with Crippen LogP contribution in [0.4, 0.5) is 0 Å². The molecule has 1 atom stereocenters. The van der Waals surface area contributed by atoms with Crippen LogP contribution >= 0.6 is 0 Å². The van der Waals surface area contributed by atoms with Gasteiger partial charge in [-0.05, 0) is 13.3 Å². The molecule has 0 spiro atoms. The van der Waals surface area contributed by atoms with Crippen molar-refractivity contribution in [2.45, 2.75) is 20.3 Å². The Morgan fingerprint density at radius 2 is 2.18 bits per heavy atom. The summed E-state index contributed by atoms with van der Waals surface area (Å²) in [4.78, 5) is 34.8. The van der Waals surface area contributed by atoms with E-state index < -0.39 is 5.92 Å². The topological polar surface area (TPSA) is 72.3 Å². The number of carbonyl (C=O) groups excluding carboxylic acids is 2. The number of hydrogen-bond acceptors (Lipinski definition) is 5. The number of aromatic nitrogens is 2. The number of Topliss-reactive ketones (excluding diaryl/α,β-unsaturated/α-hetero) is 1. The highest BCUT2D eigenvalue weighted by atomic mass is 16.1. The van der Waals surface area contributed by atoms with Crippen LogP contribution < -0.4 is 0 Å². The van der Waals surface area contributed by atoms with Crippen molar-refractivity contribution >= 4 is 17.8 Å². The minimum atomic E-state index is -0.859. The zero-order chi connectivity index (χ0) is 12.8. The number of hydrogen-bond donors (Lipinski definition) is 0. The van der Waals surface area contributed by atoms with Crippen molar-refractivity contribution in [1.29, 1.82) is 0 Å². The molecule has 0 saturated carbocycles. The monoisotopic (exact) mass is 233 g/mol. The third-order valence-electron chi connectivity index (χ3n) is 2.54. The van der Waals surface area contributed by atoms with Crippen LogP contribution in [0.2, 0.25) is 0 Å². The molecule has 5 nitrogen and oxygen atoms in total. The lowest BCUT2D eigenvalue weighted by molar-refractivity contribution is -0.108. The van der Waals surface area contributed by atoms with E-state index in [1.165, 1.54) is 6.20 Å². The van der Waals surface area contributed by atoms with Crippen LogP contribution in [-0.4, -0.2) is 34.8 Å². The molecule has 17 heavy (non-hydrogen) atoms. The fourth-order valence-electron chi connectivity index (χ4n) is 1.31. The Hall–Kier alpha value is -1.91. The molecule has 1 rings (SSSR count). The number of ketones is 1. The van der Waals surface area contributed by atoms with Crippen LogP contribution in [0.1, 0.15) is 30.0 Å². The molecular weight excluding hydrogens is 218 g/mol. The Morgan fingerprint density at radius 3 is 2.59 bits per heavy atom. The molecule has 0 aliphatic rings. The molecule has 5 heteroatoms. The first-order valence-corrected chi connectivity index (χ1v) is 5.37. The summed E-state index contributed by atoms with van der Waals surface area (Å²) < 4.78 is 0. The fraction of sp³-hybridized carbons (Fsp3) is 0.417. The Kier molecular flexibility index (Phi) is 4.63. The minimum absolute atomic E-state index is 0.197. The summed E-state index contributed by atoms with van der Waals surface area (Å²) in [6.45, 7) is 3.60. The fourth-order valence-corrected chi connectivity index (χ4v) is 1.31. The molecule has 90 valence electrons. The van der Waals surface area contributed by atoms with Crippen molar-refractivity contribution in [1.82, 2.24) is 9.97 Å². The van der Waals surface area contributed by atoms with Gasteiger partial charge in [0.25, 0.3) is 0 Å². The largest absolute Gasteiger partial charge is 0.302 e. The lowest BCUT2D eigenvalue weighted by atomic mass is 9.99. The van der Waals surface area contributed by atoms with E-state index in [1.807, 2.05) is 6.92 Å². The lowest BCUT2D eigenvalue weighted by Gasteiger charge is -2.07. The molecule has 0 fully saturated rings. The van der Waals surface area contributed by atoms with Crippen LogP contribution in [0.15, 0.2) is 17.4 Å². The molecule has 0 aliphatic heterocycles. The van der Waals surface area contributed by atoms with E-state index in [0.29, 0.717) is 12.0 Å². The highest BCUT2D eigenvalue weighted by molar-refractivity contribution is 6.19. The summed E-state index contributed by atoms with van der Waals surface area (Å²) in [5.74, 6) is -1.22. The number of aliphatic imine (C=N–C) groups is 1. The SMILES string of the molecule is CCc1cnc(C(=O)C(C=O)C(C)=NC)cn1. The van der Waals surface area contributed by atoms with Crippen molar-refractivity contribution in [3.63, 3.8) is 0 Å². The molecule has 0 N–H and O–H groups in total. The Bertz CT molecular complexity index is 438. The zero-order valence-corrected chi connectivity index (χ0v) is 10.2. The predicted octanol–water partition coefficient (Wildman–Crippen LogP) is 1.13. The van der Waals surface area contributed by atoms with Crippen molar-refractivity contribution in [3.05, 3.63) is 23.8 Å². The van der Waals surface area contributed by atoms with Gasteiger partial charge in [-0.1, -0.05) is 6.92 Å². The summed E-state index contributed by atoms with van der Waals surface area (Å²) in [5.41, 5.74) is 1.48. The van der Waals surface area contributed by atoms with Gasteiger partial charge in [0.05, 0.1) is 11.9 Å². The van der Waals surface area contributed by atoms with E-state index in [-0.39, 0.29) is 11.5 Å². The minimum Gasteiger partial charge on any atom is -0.302 e. The highest BCUT2D eigenvalue weighted by Gasteiger charge is 2.23. The predicted molar refractivity (Wildman–Crippen MR) is 64.3 cm³/mol. The Morgan fingerprint density at radius 1 is 1.47 bits per heavy atom. The second kappa shape index (κ2) is 5.98. The van der Waals surface area contributed by atoms with Gasteiger partial charge in [0.2, 0.25) is 0 Å². The van der Waals surface area contributed by atoms with Gasteiger partial charge in [-0.15, -0.1) is 0 Å². The molecule has 0 aliphatic carbocycles. The maximum absolute atomic E-state index is 12.0. The quantitative estimate of drug-likeness (QED) is 0.331. The Balaban J connectivity index is 2.98. The van der Waals surface area contributed by atoms with Gasteiger partial charge in [-0.25, -0.2) is 4.98 Å². The molecule has 0 aromatic carbocycles. The van der Waals surface area contributed by atoms with Crippen LogP contribution in [-0.2, 0) is 11.2 Å². The van der Waals surface area contributed by atoms with Gasteiger partial charge >= 0.3 is 0 Å². The maximum Gasteiger partial charge on any atom is 0.198 e. The van der Waals surface area contributed by atoms with Gasteiger partial charge < -0.3 is 4.79 Å². The molecule has 0 radical (unpaired) electrons. The number of nitrogens with zero attached hydrogens (tertiary/aromatic N) is 3. The number of carbonyl (C=O) groups is 2. The molecule has 0 bridgehead atoms. The van der Waals surface area contributed by atoms with Gasteiger partial charge in [0.15, 0.2) is 5.78 Å². The van der Waals surface area contributed by atoms with Crippen LogP contribution in [0.3, 0.4) is 0 Å². The smallest absolute Gasteiger partial charge is 0.198 e. The second-order valence-corrected chi connectivity index (χ2v) is 3.59. The number of rotatable bonds is 5. The summed E-state index contributed by atoms with van der Waals surface area (Å²) >= 11 is 0. The average molecular weight is 233 g/mol. The van der Waals surface area contributed by atoms with Gasteiger partial charge in [-0.3, -0.25) is 14.8 Å².